The zero-order valence-corrected chi connectivity index (χ0v) is 8.39. The maximum Gasteiger partial charge on any atom is 0.0855 e. The third kappa shape index (κ3) is 3.87. The van der Waals surface area contributed by atoms with Crippen LogP contribution in [0, 0.1) is 28.6 Å². The van der Waals surface area contributed by atoms with Crippen molar-refractivity contribution in [3.63, 3.8) is 0 Å². The minimum absolute atomic E-state index is 0.00153. The zero-order chi connectivity index (χ0) is 7.98. The van der Waals surface area contributed by atoms with Crippen LogP contribution in [0.5, 0.6) is 0 Å². The normalized spacial score (nSPS) is 12.1. The van der Waals surface area contributed by atoms with Gasteiger partial charge >= 0.3 is 0 Å². The van der Waals surface area contributed by atoms with E-state index in [1.807, 2.05) is 6.07 Å². The molecule has 10 heavy (non-hydrogen) atoms. The Hall–Kier alpha value is -0.0600. The van der Waals surface area contributed by atoms with Crippen LogP contribution in [0.2, 0.25) is 0 Å². The highest BCUT2D eigenvalue weighted by molar-refractivity contribution is 9.24. The third-order valence-corrected chi connectivity index (χ3v) is 2.31. The molecular weight excluding hydrogens is 260 g/mol. The van der Waals surface area contributed by atoms with Crippen LogP contribution in [-0.4, -0.2) is 3.74 Å². The number of halogens is 2. The van der Waals surface area contributed by atoms with Gasteiger partial charge in [0.1, 0.15) is 0 Å². The van der Waals surface area contributed by atoms with Crippen LogP contribution in [0.3, 0.4) is 0 Å². The summed E-state index contributed by atoms with van der Waals surface area (Å²) < 4.78 is -0.00153. The summed E-state index contributed by atoms with van der Waals surface area (Å²) in [6.07, 6.45) is 1.06. The third-order valence-electron chi connectivity index (χ3n) is 1.04. The first-order valence-corrected chi connectivity index (χ1v) is 4.60. The molecule has 1 unspecified atom stereocenters. The Kier molecular flexibility index (Phi) is 5.67. The maximum absolute atomic E-state index is 8.50. The summed E-state index contributed by atoms with van der Waals surface area (Å²) in [4.78, 5) is 0. The SMILES string of the molecule is N#CCCC(C#N)C(Br)Br. The molecule has 1 atom stereocenters. The van der Waals surface area contributed by atoms with Gasteiger partial charge in [-0.25, -0.2) is 0 Å². The van der Waals surface area contributed by atoms with Crippen LogP contribution in [-0.2, 0) is 0 Å². The minimum atomic E-state index is -0.111. The van der Waals surface area contributed by atoms with Crippen LogP contribution < -0.4 is 0 Å². The number of rotatable bonds is 3. The molecule has 0 saturated carbocycles. The summed E-state index contributed by atoms with van der Waals surface area (Å²) in [5.74, 6) is -0.111. The number of hydrogen-bond donors (Lipinski definition) is 0. The first-order chi connectivity index (χ1) is 4.72. The highest BCUT2D eigenvalue weighted by atomic mass is 79.9. The van der Waals surface area contributed by atoms with Crippen molar-refractivity contribution in [1.82, 2.24) is 0 Å². The molecule has 0 aliphatic heterocycles. The van der Waals surface area contributed by atoms with Crippen LogP contribution in [0.15, 0.2) is 0 Å². The summed E-state index contributed by atoms with van der Waals surface area (Å²) in [6, 6.07) is 4.09. The maximum atomic E-state index is 8.50. The van der Waals surface area contributed by atoms with Gasteiger partial charge in [-0.05, 0) is 6.42 Å². The highest BCUT2D eigenvalue weighted by Gasteiger charge is 2.13. The molecule has 0 aliphatic rings. The van der Waals surface area contributed by atoms with E-state index in [0.29, 0.717) is 12.8 Å². The van der Waals surface area contributed by atoms with Gasteiger partial charge in [-0.3, -0.25) is 0 Å². The summed E-state index contributed by atoms with van der Waals surface area (Å²) in [7, 11) is 0. The Labute approximate surface area is 77.1 Å². The molecule has 54 valence electrons. The average Bonchev–Trinajstić information content (AvgIpc) is 1.89. The smallest absolute Gasteiger partial charge is 0.0855 e. The van der Waals surface area contributed by atoms with Crippen LogP contribution >= 0.6 is 31.9 Å². The van der Waals surface area contributed by atoms with E-state index in [1.165, 1.54) is 0 Å². The lowest BCUT2D eigenvalue weighted by atomic mass is 10.1. The molecule has 0 fully saturated rings. The Morgan fingerprint density at radius 2 is 1.90 bits per heavy atom. The van der Waals surface area contributed by atoms with Gasteiger partial charge in [-0.1, -0.05) is 31.9 Å². The van der Waals surface area contributed by atoms with Crippen LogP contribution in [0.1, 0.15) is 12.8 Å². The first kappa shape index (κ1) is 9.94. The van der Waals surface area contributed by atoms with E-state index in [9.17, 15) is 0 Å². The first-order valence-electron chi connectivity index (χ1n) is 2.77. The van der Waals surface area contributed by atoms with Crippen molar-refractivity contribution in [2.75, 3.05) is 0 Å². The van der Waals surface area contributed by atoms with Gasteiger partial charge in [0, 0.05) is 6.42 Å². The highest BCUT2D eigenvalue weighted by Crippen LogP contribution is 2.22. The molecule has 0 rings (SSSR count). The molecule has 0 heterocycles. The molecule has 4 heteroatoms. The molecule has 0 bridgehead atoms. The van der Waals surface area contributed by atoms with Crippen molar-refractivity contribution in [2.45, 2.75) is 16.6 Å². The summed E-state index contributed by atoms with van der Waals surface area (Å²) in [6.45, 7) is 0. The second-order valence-corrected chi connectivity index (χ2v) is 4.97. The van der Waals surface area contributed by atoms with Crippen LogP contribution in [0.4, 0.5) is 0 Å². The second kappa shape index (κ2) is 5.70. The fourth-order valence-electron chi connectivity index (χ4n) is 0.467. The number of nitriles is 2. The van der Waals surface area contributed by atoms with E-state index in [1.54, 1.807) is 0 Å². The largest absolute Gasteiger partial charge is 0.198 e. The van der Waals surface area contributed by atoms with Crippen molar-refractivity contribution in [2.24, 2.45) is 5.92 Å². The summed E-state index contributed by atoms with van der Waals surface area (Å²) >= 11 is 6.43. The second-order valence-electron chi connectivity index (χ2n) is 1.77. The number of hydrogen-bond acceptors (Lipinski definition) is 2. The zero-order valence-electron chi connectivity index (χ0n) is 5.22. The molecule has 0 N–H and O–H groups in total. The fraction of sp³-hybridized carbons (Fsp3) is 0.667. The van der Waals surface area contributed by atoms with E-state index in [0.717, 1.165) is 0 Å². The lowest BCUT2D eigenvalue weighted by molar-refractivity contribution is 0.674. The van der Waals surface area contributed by atoms with E-state index in [4.69, 9.17) is 10.5 Å². The Morgan fingerprint density at radius 3 is 2.20 bits per heavy atom. The Morgan fingerprint density at radius 1 is 1.30 bits per heavy atom. The molecule has 0 spiro atoms. The van der Waals surface area contributed by atoms with Crippen molar-refractivity contribution < 1.29 is 0 Å². The fourth-order valence-corrected chi connectivity index (χ4v) is 1.23. The number of nitrogens with zero attached hydrogens (tertiary/aromatic N) is 2. The lowest BCUT2D eigenvalue weighted by Crippen LogP contribution is -2.04. The Bertz CT molecular complexity index is 166. The molecule has 0 saturated heterocycles. The van der Waals surface area contributed by atoms with Gasteiger partial charge < -0.3 is 0 Å². The van der Waals surface area contributed by atoms with Gasteiger partial charge in [0.2, 0.25) is 0 Å². The Balaban J connectivity index is 3.66. The lowest BCUT2D eigenvalue weighted by Gasteiger charge is -2.05. The van der Waals surface area contributed by atoms with Gasteiger partial charge in [0.05, 0.1) is 21.8 Å². The molecule has 2 nitrogen and oxygen atoms in total. The average molecular weight is 266 g/mol. The van der Waals surface area contributed by atoms with E-state index >= 15 is 0 Å². The van der Waals surface area contributed by atoms with Crippen molar-refractivity contribution >= 4 is 31.9 Å². The van der Waals surface area contributed by atoms with Gasteiger partial charge in [0.15, 0.2) is 0 Å². The molecule has 0 aromatic rings. The van der Waals surface area contributed by atoms with Gasteiger partial charge in [0.25, 0.3) is 0 Å². The van der Waals surface area contributed by atoms with E-state index in [2.05, 4.69) is 37.9 Å². The van der Waals surface area contributed by atoms with Crippen LogP contribution in [0.25, 0.3) is 0 Å². The van der Waals surface area contributed by atoms with Gasteiger partial charge in [-0.2, -0.15) is 10.5 Å². The quantitative estimate of drug-likeness (QED) is 0.737. The summed E-state index contributed by atoms with van der Waals surface area (Å²) in [5, 5.41) is 16.7. The monoisotopic (exact) mass is 264 g/mol. The molecule has 0 amide bonds. The molecule has 0 aliphatic carbocycles. The predicted octanol–water partition coefficient (Wildman–Crippen LogP) is 2.55. The standard InChI is InChI=1S/C6H6Br2N2/c7-6(8)5(4-10)2-1-3-9/h5-6H,1-2H2. The van der Waals surface area contributed by atoms with Crippen molar-refractivity contribution in [3.8, 4) is 12.1 Å². The molecule has 0 aromatic carbocycles. The minimum Gasteiger partial charge on any atom is -0.198 e. The molecule has 0 aromatic heterocycles. The molecular formula is C6H6Br2N2. The van der Waals surface area contributed by atoms with Gasteiger partial charge in [-0.15, -0.1) is 0 Å². The molecule has 0 radical (unpaired) electrons. The van der Waals surface area contributed by atoms with E-state index < -0.39 is 0 Å². The topological polar surface area (TPSA) is 47.6 Å². The van der Waals surface area contributed by atoms with Crippen molar-refractivity contribution in [3.05, 3.63) is 0 Å². The van der Waals surface area contributed by atoms with Crippen molar-refractivity contribution in [1.29, 1.82) is 10.5 Å². The van der Waals surface area contributed by atoms with E-state index in [-0.39, 0.29) is 9.65 Å². The summed E-state index contributed by atoms with van der Waals surface area (Å²) in [5.41, 5.74) is 0. The number of alkyl halides is 2. The predicted molar refractivity (Wildman–Crippen MR) is 45.6 cm³/mol.